The van der Waals surface area contributed by atoms with Crippen LogP contribution in [0, 0.1) is 5.82 Å². The standard InChI is InChI=1S/C27H33FN4O2S/c1-35(33,34)22-6-2-19(3-7-22)27-29-24-9-8-23(25(28)26(24)30-27)18-10-14-31(15-11-18)21-12-16-32(17-13-21)20-4-5-20/h2-3,6-9,18,20-21H,4-5,10-17H2,1H3,(H,29,30). The van der Waals surface area contributed by atoms with Gasteiger partial charge in [-0.25, -0.2) is 17.8 Å². The van der Waals surface area contributed by atoms with Crippen LogP contribution in [-0.2, 0) is 9.84 Å². The largest absolute Gasteiger partial charge is 0.336 e. The number of benzene rings is 2. The molecule has 2 aromatic carbocycles. The molecule has 3 heterocycles. The van der Waals surface area contributed by atoms with Crippen molar-refractivity contribution in [2.24, 2.45) is 0 Å². The Morgan fingerprint density at radius 3 is 2.06 bits per heavy atom. The van der Waals surface area contributed by atoms with E-state index in [0.29, 0.717) is 22.9 Å². The molecule has 6 nitrogen and oxygen atoms in total. The number of nitrogens with zero attached hydrogens (tertiary/aromatic N) is 3. The first kappa shape index (κ1) is 23.1. The molecule has 0 amide bonds. The van der Waals surface area contributed by atoms with Gasteiger partial charge in [0.2, 0.25) is 0 Å². The molecule has 1 aromatic heterocycles. The number of imidazole rings is 1. The Bertz CT molecular complexity index is 1320. The number of piperidine rings is 2. The van der Waals surface area contributed by atoms with Gasteiger partial charge in [-0.15, -0.1) is 0 Å². The number of H-pyrrole nitrogens is 1. The predicted octanol–water partition coefficient (Wildman–Crippen LogP) is 4.58. The number of hydrogen-bond donors (Lipinski definition) is 1. The Labute approximate surface area is 206 Å². The van der Waals surface area contributed by atoms with Gasteiger partial charge >= 0.3 is 0 Å². The van der Waals surface area contributed by atoms with Crippen LogP contribution in [0.3, 0.4) is 0 Å². The lowest BCUT2D eigenvalue weighted by Gasteiger charge is -2.42. The number of hydrogen-bond acceptors (Lipinski definition) is 5. The van der Waals surface area contributed by atoms with Crippen molar-refractivity contribution >= 4 is 20.9 Å². The molecule has 0 atom stereocenters. The highest BCUT2D eigenvalue weighted by Gasteiger charge is 2.34. The van der Waals surface area contributed by atoms with Crippen molar-refractivity contribution in [2.75, 3.05) is 32.4 Å². The molecule has 1 N–H and O–H groups in total. The van der Waals surface area contributed by atoms with Gasteiger partial charge in [0, 0.05) is 23.9 Å². The van der Waals surface area contributed by atoms with Gasteiger partial charge in [0.15, 0.2) is 15.7 Å². The fourth-order valence-electron chi connectivity index (χ4n) is 6.00. The van der Waals surface area contributed by atoms with Crippen molar-refractivity contribution in [3.63, 3.8) is 0 Å². The smallest absolute Gasteiger partial charge is 0.175 e. The Hall–Kier alpha value is -2.29. The summed E-state index contributed by atoms with van der Waals surface area (Å²) in [6, 6.07) is 11.9. The van der Waals surface area contributed by atoms with Crippen LogP contribution in [0.15, 0.2) is 41.3 Å². The van der Waals surface area contributed by atoms with Gasteiger partial charge in [0.1, 0.15) is 11.3 Å². The number of aromatic nitrogens is 2. The van der Waals surface area contributed by atoms with Gasteiger partial charge in [-0.05, 0) is 107 Å². The monoisotopic (exact) mass is 496 g/mol. The Morgan fingerprint density at radius 1 is 0.857 bits per heavy atom. The zero-order valence-corrected chi connectivity index (χ0v) is 21.0. The lowest BCUT2D eigenvalue weighted by atomic mass is 9.87. The molecule has 0 bridgehead atoms. The fraction of sp³-hybridized carbons (Fsp3) is 0.519. The summed E-state index contributed by atoms with van der Waals surface area (Å²) in [6.45, 7) is 4.55. The molecule has 0 spiro atoms. The third-order valence-corrected chi connectivity index (χ3v) is 9.36. The maximum Gasteiger partial charge on any atom is 0.175 e. The van der Waals surface area contributed by atoms with Crippen molar-refractivity contribution in [1.29, 1.82) is 0 Å². The fourth-order valence-corrected chi connectivity index (χ4v) is 6.63. The molecule has 3 aliphatic rings. The summed E-state index contributed by atoms with van der Waals surface area (Å²) in [6.07, 6.45) is 8.46. The molecule has 2 saturated heterocycles. The Balaban J connectivity index is 1.14. The van der Waals surface area contributed by atoms with E-state index in [2.05, 4.69) is 19.8 Å². The van der Waals surface area contributed by atoms with Gasteiger partial charge in [0.05, 0.1) is 10.4 Å². The van der Waals surface area contributed by atoms with Crippen LogP contribution in [0.5, 0.6) is 0 Å². The van der Waals surface area contributed by atoms with Crippen LogP contribution in [0.25, 0.3) is 22.4 Å². The van der Waals surface area contributed by atoms with E-state index in [0.717, 1.165) is 43.1 Å². The number of aromatic amines is 1. The van der Waals surface area contributed by atoms with Crippen molar-refractivity contribution in [2.45, 2.75) is 61.4 Å². The van der Waals surface area contributed by atoms with E-state index < -0.39 is 9.84 Å². The first-order valence-electron chi connectivity index (χ1n) is 12.8. The molecule has 0 unspecified atom stereocenters. The molecule has 3 fully saturated rings. The topological polar surface area (TPSA) is 69.3 Å². The quantitative estimate of drug-likeness (QED) is 0.560. The SMILES string of the molecule is CS(=O)(=O)c1ccc(-c2nc3ccc(C4CCN(C5CCN(C6CC6)CC5)CC4)c(F)c3[nH]2)cc1. The zero-order valence-electron chi connectivity index (χ0n) is 20.2. The van der Waals surface area contributed by atoms with Crippen LogP contribution < -0.4 is 0 Å². The normalized spacial score (nSPS) is 21.7. The van der Waals surface area contributed by atoms with Crippen LogP contribution in [0.4, 0.5) is 4.39 Å². The lowest BCUT2D eigenvalue weighted by molar-refractivity contribution is 0.0841. The molecule has 0 radical (unpaired) electrons. The molecule has 3 aromatic rings. The average molecular weight is 497 g/mol. The summed E-state index contributed by atoms with van der Waals surface area (Å²) in [5, 5.41) is 0. The Morgan fingerprint density at radius 2 is 1.46 bits per heavy atom. The molecule has 1 aliphatic carbocycles. The first-order chi connectivity index (χ1) is 16.9. The third-order valence-electron chi connectivity index (χ3n) is 8.23. The van der Waals surface area contributed by atoms with E-state index in [1.54, 1.807) is 24.3 Å². The summed E-state index contributed by atoms with van der Waals surface area (Å²) < 4.78 is 39.1. The summed E-state index contributed by atoms with van der Waals surface area (Å²) in [5.41, 5.74) is 2.53. The number of rotatable bonds is 5. The summed E-state index contributed by atoms with van der Waals surface area (Å²) in [7, 11) is -3.26. The summed E-state index contributed by atoms with van der Waals surface area (Å²) in [5.74, 6) is 0.566. The van der Waals surface area contributed by atoms with Crippen LogP contribution in [0.2, 0.25) is 0 Å². The summed E-state index contributed by atoms with van der Waals surface area (Å²) in [4.78, 5) is 13.3. The Kier molecular flexibility index (Phi) is 5.93. The first-order valence-corrected chi connectivity index (χ1v) is 14.7. The van der Waals surface area contributed by atoms with E-state index in [1.165, 1.54) is 45.0 Å². The van der Waals surface area contributed by atoms with Crippen molar-refractivity contribution in [3.8, 4) is 11.4 Å². The maximum atomic E-state index is 15.6. The van der Waals surface area contributed by atoms with Gasteiger partial charge in [0.25, 0.3) is 0 Å². The highest BCUT2D eigenvalue weighted by molar-refractivity contribution is 7.90. The van der Waals surface area contributed by atoms with E-state index in [4.69, 9.17) is 0 Å². The second-order valence-corrected chi connectivity index (χ2v) is 12.6. The zero-order chi connectivity index (χ0) is 24.2. The summed E-state index contributed by atoms with van der Waals surface area (Å²) >= 11 is 0. The second-order valence-electron chi connectivity index (χ2n) is 10.6. The van der Waals surface area contributed by atoms with E-state index in [-0.39, 0.29) is 16.6 Å². The molecular weight excluding hydrogens is 463 g/mol. The highest BCUT2D eigenvalue weighted by Crippen LogP contribution is 2.36. The van der Waals surface area contributed by atoms with Crippen molar-refractivity contribution < 1.29 is 12.8 Å². The average Bonchev–Trinajstić information content (AvgIpc) is 3.62. The van der Waals surface area contributed by atoms with Crippen LogP contribution in [0.1, 0.15) is 50.0 Å². The molecule has 1 saturated carbocycles. The number of sulfone groups is 1. The van der Waals surface area contributed by atoms with Gasteiger partial charge in [-0.3, -0.25) is 0 Å². The number of nitrogens with one attached hydrogen (secondary N) is 1. The van der Waals surface area contributed by atoms with Crippen LogP contribution >= 0.6 is 0 Å². The molecule has 35 heavy (non-hydrogen) atoms. The van der Waals surface area contributed by atoms with E-state index in [9.17, 15) is 8.42 Å². The van der Waals surface area contributed by atoms with Gasteiger partial charge in [-0.1, -0.05) is 6.07 Å². The predicted molar refractivity (Wildman–Crippen MR) is 136 cm³/mol. The molecular formula is C27H33FN4O2S. The van der Waals surface area contributed by atoms with Gasteiger partial charge < -0.3 is 14.8 Å². The maximum absolute atomic E-state index is 15.6. The number of fused-ring (bicyclic) bond motifs is 1. The minimum Gasteiger partial charge on any atom is -0.336 e. The number of likely N-dealkylation sites (tertiary alicyclic amines) is 2. The minimum absolute atomic E-state index is 0.204. The molecule has 186 valence electrons. The van der Waals surface area contributed by atoms with E-state index >= 15 is 4.39 Å². The second kappa shape index (κ2) is 8.98. The minimum atomic E-state index is -3.26. The van der Waals surface area contributed by atoms with Crippen LogP contribution in [-0.4, -0.2) is 72.7 Å². The van der Waals surface area contributed by atoms with Gasteiger partial charge in [-0.2, -0.15) is 0 Å². The van der Waals surface area contributed by atoms with Crippen molar-refractivity contribution in [3.05, 3.63) is 47.8 Å². The number of halogens is 1. The molecule has 8 heteroatoms. The van der Waals surface area contributed by atoms with Crippen molar-refractivity contribution in [1.82, 2.24) is 19.8 Å². The molecule has 2 aliphatic heterocycles. The molecule has 6 rings (SSSR count). The van der Waals surface area contributed by atoms with E-state index in [1.807, 2.05) is 12.1 Å². The third kappa shape index (κ3) is 4.63. The lowest BCUT2D eigenvalue weighted by Crippen LogP contribution is -2.48. The highest BCUT2D eigenvalue weighted by atomic mass is 32.2.